The molecule has 0 N–H and O–H groups in total. The number of benzene rings is 2. The van der Waals surface area contributed by atoms with Gasteiger partial charge in [-0.1, -0.05) is 125 Å². The summed E-state index contributed by atoms with van der Waals surface area (Å²) >= 11 is 0. The van der Waals surface area contributed by atoms with Crippen molar-refractivity contribution < 1.29 is 42.1 Å². The van der Waals surface area contributed by atoms with E-state index in [1.807, 2.05) is 52.0 Å². The van der Waals surface area contributed by atoms with Gasteiger partial charge in [-0.25, -0.2) is 0 Å². The minimum absolute atomic E-state index is 0. The molecular formula is C34H62W2-2. The van der Waals surface area contributed by atoms with Gasteiger partial charge in [0.05, 0.1) is 0 Å². The van der Waals surface area contributed by atoms with Crippen LogP contribution in [-0.2, 0) is 53.0 Å². The van der Waals surface area contributed by atoms with Gasteiger partial charge in [-0.15, -0.1) is 0 Å². The zero-order valence-corrected chi connectivity index (χ0v) is 33.3. The molecule has 0 atom stereocenters. The Bertz CT molecular complexity index is 573. The van der Waals surface area contributed by atoms with Crippen LogP contribution >= 0.6 is 0 Å². The fourth-order valence-corrected chi connectivity index (χ4v) is 1.75. The van der Waals surface area contributed by atoms with E-state index >= 15 is 0 Å². The van der Waals surface area contributed by atoms with E-state index < -0.39 is 0 Å². The van der Waals surface area contributed by atoms with Gasteiger partial charge in [0.1, 0.15) is 0 Å². The van der Waals surface area contributed by atoms with Gasteiger partial charge >= 0.3 is 0 Å². The van der Waals surface area contributed by atoms with E-state index in [9.17, 15) is 0 Å². The summed E-state index contributed by atoms with van der Waals surface area (Å²) < 4.78 is 0. The number of hydrogen-bond donors (Lipinski definition) is 0. The third-order valence-electron chi connectivity index (χ3n) is 3.10. The van der Waals surface area contributed by atoms with Gasteiger partial charge in [-0.3, -0.25) is 0 Å². The zero-order valence-electron chi connectivity index (χ0n) is 27.4. The van der Waals surface area contributed by atoms with Gasteiger partial charge in [0.2, 0.25) is 0 Å². The van der Waals surface area contributed by atoms with Crippen LogP contribution in [0, 0.1) is 23.0 Å². The second-order valence-electron chi connectivity index (χ2n) is 13.1. The maximum atomic E-state index is 3.21. The third kappa shape index (κ3) is 47.1. The molecule has 0 radical (unpaired) electrons. The van der Waals surface area contributed by atoms with E-state index in [4.69, 9.17) is 0 Å². The Balaban J connectivity index is -0.0000000815. The molecule has 0 unspecified atom stereocenters. The molecule has 0 saturated carbocycles. The number of hydrogen-bond acceptors (Lipinski definition) is 0. The predicted molar refractivity (Wildman–Crippen MR) is 161 cm³/mol. The molecule has 0 heterocycles. The van der Waals surface area contributed by atoms with Crippen molar-refractivity contribution in [2.75, 3.05) is 0 Å². The molecule has 2 heteroatoms. The second kappa shape index (κ2) is 25.1. The molecule has 0 fully saturated rings. The predicted octanol–water partition coefficient (Wildman–Crippen LogP) is 11.7. The molecule has 36 heavy (non-hydrogen) atoms. The van der Waals surface area contributed by atoms with Crippen molar-refractivity contribution in [2.24, 2.45) is 10.8 Å². The standard InChI is InChI=1S/2C10H13.2C5H12.2C2H6.2W/c2*1-10(2,3)9-7-5-4-6-8-9;2*1-5(2,3)4;2*1-2;;/h5-8H,1-3H3;4-7H,1-3H3;2*1-4H3;2*1-2H3;;/q2*-1;;;;;;. The first-order valence-electron chi connectivity index (χ1n) is 13.1. The molecule has 2 aromatic carbocycles. The Labute approximate surface area is 258 Å². The Kier molecular flexibility index (Phi) is 34.1. The summed E-state index contributed by atoms with van der Waals surface area (Å²) in [5.41, 5.74) is 4.15. The van der Waals surface area contributed by atoms with E-state index in [-0.39, 0.29) is 53.0 Å². The smallest absolute Gasteiger partial charge is 0 e. The largest absolute Gasteiger partial charge is 0.184 e. The van der Waals surface area contributed by atoms with Crippen molar-refractivity contribution in [3.63, 3.8) is 0 Å². The van der Waals surface area contributed by atoms with Gasteiger partial charge in [0.25, 0.3) is 0 Å². The van der Waals surface area contributed by atoms with Gasteiger partial charge in [-0.2, -0.15) is 71.8 Å². The van der Waals surface area contributed by atoms with Crippen molar-refractivity contribution in [3.8, 4) is 0 Å². The van der Waals surface area contributed by atoms with Crippen LogP contribution in [0.3, 0.4) is 0 Å². The van der Waals surface area contributed by atoms with Crippen LogP contribution in [0.15, 0.2) is 48.5 Å². The molecule has 0 bridgehead atoms. The molecular weight excluding hydrogens is 776 g/mol. The molecule has 212 valence electrons. The van der Waals surface area contributed by atoms with Crippen molar-refractivity contribution >= 4 is 0 Å². The summed E-state index contributed by atoms with van der Waals surface area (Å²) in [4.78, 5) is 0. The van der Waals surface area contributed by atoms with Crippen LogP contribution in [0.25, 0.3) is 0 Å². The minimum atomic E-state index is 0. The van der Waals surface area contributed by atoms with Gasteiger partial charge < -0.3 is 0 Å². The fraction of sp³-hybridized carbons (Fsp3) is 0.647. The molecule has 0 aromatic heterocycles. The Hall–Kier alpha value is -0.183. The maximum absolute atomic E-state index is 3.21. The van der Waals surface area contributed by atoms with E-state index in [2.05, 4.69) is 133 Å². The Morgan fingerprint density at radius 2 is 0.806 bits per heavy atom. The van der Waals surface area contributed by atoms with Crippen molar-refractivity contribution in [1.82, 2.24) is 0 Å². The summed E-state index contributed by atoms with van der Waals surface area (Å²) in [5.74, 6) is 0. The molecule has 0 aliphatic rings. The van der Waals surface area contributed by atoms with Gasteiger partial charge in [0, 0.05) is 42.1 Å². The Morgan fingerprint density at radius 1 is 0.472 bits per heavy atom. The monoisotopic (exact) mass is 838 g/mol. The van der Waals surface area contributed by atoms with Crippen LogP contribution < -0.4 is 0 Å². The van der Waals surface area contributed by atoms with Crippen LogP contribution in [-0.4, -0.2) is 0 Å². The molecule has 0 saturated heterocycles. The van der Waals surface area contributed by atoms with E-state index in [1.165, 1.54) is 11.1 Å². The van der Waals surface area contributed by atoms with Crippen molar-refractivity contribution in [1.29, 1.82) is 0 Å². The summed E-state index contributed by atoms with van der Waals surface area (Å²) in [5, 5.41) is 0. The van der Waals surface area contributed by atoms with Gasteiger partial charge in [-0.05, 0) is 21.7 Å². The fourth-order valence-electron chi connectivity index (χ4n) is 1.75. The van der Waals surface area contributed by atoms with Crippen LogP contribution in [0.4, 0.5) is 0 Å². The average molecular weight is 839 g/mol. The molecule has 0 aliphatic carbocycles. The summed E-state index contributed by atoms with van der Waals surface area (Å²) in [6.07, 6.45) is 0. The summed E-state index contributed by atoms with van der Waals surface area (Å²) in [6, 6.07) is 22.5. The van der Waals surface area contributed by atoms with Crippen LogP contribution in [0.5, 0.6) is 0 Å². The first kappa shape index (κ1) is 48.8. The first-order valence-corrected chi connectivity index (χ1v) is 13.1. The summed E-state index contributed by atoms with van der Waals surface area (Å²) in [7, 11) is 0. The summed E-state index contributed by atoms with van der Waals surface area (Å²) in [6.45, 7) is 38.7. The van der Waals surface area contributed by atoms with E-state index in [0.717, 1.165) is 0 Å². The molecule has 2 aromatic rings. The van der Waals surface area contributed by atoms with Crippen LogP contribution in [0.1, 0.15) is 136 Å². The topological polar surface area (TPSA) is 0 Å². The molecule has 0 amide bonds. The minimum Gasteiger partial charge on any atom is -0.184 e. The molecule has 0 spiro atoms. The molecule has 0 aliphatic heterocycles. The van der Waals surface area contributed by atoms with Crippen LogP contribution in [0.2, 0.25) is 0 Å². The van der Waals surface area contributed by atoms with Gasteiger partial charge in [0.15, 0.2) is 0 Å². The average Bonchev–Trinajstić information content (AvgIpc) is 2.69. The quantitative estimate of drug-likeness (QED) is 0.232. The van der Waals surface area contributed by atoms with E-state index in [1.54, 1.807) is 0 Å². The Morgan fingerprint density at radius 3 is 0.972 bits per heavy atom. The maximum Gasteiger partial charge on any atom is 0 e. The second-order valence-corrected chi connectivity index (χ2v) is 13.1. The van der Waals surface area contributed by atoms with E-state index in [0.29, 0.717) is 10.8 Å². The normalized spacial score (nSPS) is 10.1. The number of rotatable bonds is 0. The zero-order chi connectivity index (χ0) is 28.2. The third-order valence-corrected chi connectivity index (χ3v) is 3.10. The molecule has 0 nitrogen and oxygen atoms in total. The first-order chi connectivity index (χ1) is 15.2. The molecule has 2 rings (SSSR count). The van der Waals surface area contributed by atoms with Crippen molar-refractivity contribution in [2.45, 2.75) is 135 Å². The SMILES string of the molecule is CC.CC.CC(C)(C)C.CC(C)(C)C.CC(C)(C)c1[c-]cccc1.CC(C)(C)c1cc[c-]cc1.[W].[W]. The van der Waals surface area contributed by atoms with Crippen molar-refractivity contribution in [3.05, 3.63) is 71.8 Å².